The van der Waals surface area contributed by atoms with Crippen LogP contribution >= 0.6 is 0 Å². The Kier molecular flexibility index (Phi) is 3.72. The first-order valence-corrected chi connectivity index (χ1v) is 9.50. The number of aromatic hydroxyl groups is 1. The smallest absolute Gasteiger partial charge is 0.181 e. The van der Waals surface area contributed by atoms with E-state index in [2.05, 4.69) is 40.1 Å². The van der Waals surface area contributed by atoms with Gasteiger partial charge in [-0.05, 0) is 24.3 Å². The van der Waals surface area contributed by atoms with Gasteiger partial charge in [0, 0.05) is 53.2 Å². The third-order valence-electron chi connectivity index (χ3n) is 5.07. The van der Waals surface area contributed by atoms with Crippen LogP contribution in [-0.2, 0) is 0 Å². The van der Waals surface area contributed by atoms with E-state index in [-0.39, 0.29) is 5.75 Å². The second-order valence-electron chi connectivity index (χ2n) is 7.01. The van der Waals surface area contributed by atoms with Crippen LogP contribution in [0.4, 0.5) is 0 Å². The van der Waals surface area contributed by atoms with Crippen LogP contribution in [0.15, 0.2) is 67.5 Å². The number of H-pyrrole nitrogens is 2. The Morgan fingerprint density at radius 1 is 0.806 bits per heavy atom. The standard InChI is InChI=1S/C22H14N8O/c31-15-6-13(9-24-11-15)14-7-17-19(29-30-20(17)26-10-14)22-27-18-16(3-5-25-21(18)28-22)12-2-1-4-23-8-12/h1-11,31H,(H,25,27,28)(H,26,29,30). The topological polar surface area (TPSA) is 129 Å². The molecule has 6 heterocycles. The zero-order valence-electron chi connectivity index (χ0n) is 16.0. The van der Waals surface area contributed by atoms with Gasteiger partial charge in [-0.15, -0.1) is 0 Å². The predicted molar refractivity (Wildman–Crippen MR) is 115 cm³/mol. The molecule has 6 aromatic heterocycles. The molecule has 0 aliphatic carbocycles. The van der Waals surface area contributed by atoms with Crippen molar-refractivity contribution in [2.24, 2.45) is 0 Å². The molecule has 0 bridgehead atoms. The maximum absolute atomic E-state index is 9.75. The second-order valence-corrected chi connectivity index (χ2v) is 7.01. The SMILES string of the molecule is Oc1cncc(-c2cnc3n[nH]c(-c4nc5nccc(-c6cccnc6)c5[nH]4)c3c2)c1. The zero-order valence-corrected chi connectivity index (χ0v) is 16.0. The van der Waals surface area contributed by atoms with Crippen molar-refractivity contribution < 1.29 is 5.11 Å². The van der Waals surface area contributed by atoms with Crippen molar-refractivity contribution in [2.45, 2.75) is 0 Å². The highest BCUT2D eigenvalue weighted by atomic mass is 16.3. The summed E-state index contributed by atoms with van der Waals surface area (Å²) in [4.78, 5) is 25.1. The highest BCUT2D eigenvalue weighted by Crippen LogP contribution is 2.31. The molecule has 0 radical (unpaired) electrons. The van der Waals surface area contributed by atoms with Crippen molar-refractivity contribution in [1.82, 2.24) is 40.1 Å². The van der Waals surface area contributed by atoms with Gasteiger partial charge < -0.3 is 10.1 Å². The number of nitrogens with zero attached hydrogens (tertiary/aromatic N) is 6. The fourth-order valence-electron chi connectivity index (χ4n) is 3.62. The number of aromatic nitrogens is 8. The van der Waals surface area contributed by atoms with Gasteiger partial charge in [0.05, 0.1) is 17.1 Å². The molecule has 9 nitrogen and oxygen atoms in total. The molecule has 6 aromatic rings. The number of nitrogens with one attached hydrogen (secondary N) is 2. The molecule has 0 saturated heterocycles. The highest BCUT2D eigenvalue weighted by Gasteiger charge is 2.16. The summed E-state index contributed by atoms with van der Waals surface area (Å²) in [5, 5.41) is 17.9. The Bertz CT molecular complexity index is 1550. The molecule has 3 N–H and O–H groups in total. The fourth-order valence-corrected chi connectivity index (χ4v) is 3.62. The van der Waals surface area contributed by atoms with Crippen molar-refractivity contribution in [2.75, 3.05) is 0 Å². The molecule has 148 valence electrons. The van der Waals surface area contributed by atoms with Gasteiger partial charge in [-0.3, -0.25) is 15.1 Å². The number of rotatable bonds is 3. The van der Waals surface area contributed by atoms with Gasteiger partial charge in [0.1, 0.15) is 11.4 Å². The summed E-state index contributed by atoms with van der Waals surface area (Å²) in [5.41, 5.74) is 6.18. The largest absolute Gasteiger partial charge is 0.506 e. The van der Waals surface area contributed by atoms with Crippen LogP contribution in [0.3, 0.4) is 0 Å². The monoisotopic (exact) mass is 406 g/mol. The van der Waals surface area contributed by atoms with Gasteiger partial charge in [0.25, 0.3) is 0 Å². The number of hydrogen-bond donors (Lipinski definition) is 3. The molecule has 0 aliphatic heterocycles. The summed E-state index contributed by atoms with van der Waals surface area (Å²) >= 11 is 0. The van der Waals surface area contributed by atoms with E-state index in [4.69, 9.17) is 0 Å². The van der Waals surface area contributed by atoms with Crippen molar-refractivity contribution >= 4 is 22.2 Å². The van der Waals surface area contributed by atoms with Crippen LogP contribution < -0.4 is 0 Å². The molecule has 0 unspecified atom stereocenters. The zero-order chi connectivity index (χ0) is 20.8. The van der Waals surface area contributed by atoms with Crippen molar-refractivity contribution in [3.63, 3.8) is 0 Å². The fraction of sp³-hybridized carbons (Fsp3) is 0. The van der Waals surface area contributed by atoms with Crippen LogP contribution in [0.5, 0.6) is 5.75 Å². The first-order chi connectivity index (χ1) is 15.3. The maximum Gasteiger partial charge on any atom is 0.181 e. The number of fused-ring (bicyclic) bond motifs is 2. The summed E-state index contributed by atoms with van der Waals surface area (Å²) in [7, 11) is 0. The Balaban J connectivity index is 1.51. The summed E-state index contributed by atoms with van der Waals surface area (Å²) in [6.07, 6.45) is 10.0. The van der Waals surface area contributed by atoms with E-state index in [9.17, 15) is 5.11 Å². The lowest BCUT2D eigenvalue weighted by Crippen LogP contribution is -1.85. The molecule has 0 amide bonds. The lowest BCUT2D eigenvalue weighted by Gasteiger charge is -2.02. The molecular weight excluding hydrogens is 392 g/mol. The molecule has 0 fully saturated rings. The summed E-state index contributed by atoms with van der Waals surface area (Å²) in [6, 6.07) is 9.40. The normalized spacial score (nSPS) is 11.4. The summed E-state index contributed by atoms with van der Waals surface area (Å²) in [5.74, 6) is 0.700. The molecule has 0 spiro atoms. The third-order valence-corrected chi connectivity index (χ3v) is 5.07. The predicted octanol–water partition coefficient (Wildman–Crippen LogP) is 3.73. The lowest BCUT2D eigenvalue weighted by atomic mass is 10.1. The number of hydrogen-bond acceptors (Lipinski definition) is 7. The second kappa shape index (κ2) is 6.70. The molecule has 6 rings (SSSR count). The van der Waals surface area contributed by atoms with E-state index in [0.29, 0.717) is 22.8 Å². The van der Waals surface area contributed by atoms with E-state index in [0.717, 1.165) is 33.2 Å². The Hall–Kier alpha value is -4.66. The minimum Gasteiger partial charge on any atom is -0.506 e. The van der Waals surface area contributed by atoms with Gasteiger partial charge in [0.2, 0.25) is 0 Å². The van der Waals surface area contributed by atoms with Crippen molar-refractivity contribution in [3.8, 4) is 39.5 Å². The van der Waals surface area contributed by atoms with E-state index in [1.807, 2.05) is 24.3 Å². The minimum absolute atomic E-state index is 0.0938. The molecule has 31 heavy (non-hydrogen) atoms. The highest BCUT2D eigenvalue weighted by molar-refractivity contribution is 5.96. The van der Waals surface area contributed by atoms with Gasteiger partial charge in [-0.25, -0.2) is 15.0 Å². The average molecular weight is 406 g/mol. The number of imidazole rings is 1. The van der Waals surface area contributed by atoms with Gasteiger partial charge in [-0.1, -0.05) is 6.07 Å². The number of pyridine rings is 4. The van der Waals surface area contributed by atoms with Gasteiger partial charge in [-0.2, -0.15) is 5.10 Å². The molecule has 0 aromatic carbocycles. The van der Waals surface area contributed by atoms with E-state index >= 15 is 0 Å². The number of aromatic amines is 2. The summed E-state index contributed by atoms with van der Waals surface area (Å²) < 4.78 is 0. The maximum atomic E-state index is 9.75. The van der Waals surface area contributed by atoms with Crippen LogP contribution in [-0.4, -0.2) is 45.2 Å². The van der Waals surface area contributed by atoms with E-state index in [1.165, 1.54) is 6.20 Å². The first-order valence-electron chi connectivity index (χ1n) is 9.50. The van der Waals surface area contributed by atoms with E-state index in [1.54, 1.807) is 37.1 Å². The molecular formula is C22H14N8O. The van der Waals surface area contributed by atoms with Crippen LogP contribution in [0, 0.1) is 0 Å². The Morgan fingerprint density at radius 3 is 2.58 bits per heavy atom. The lowest BCUT2D eigenvalue weighted by molar-refractivity contribution is 0.473. The van der Waals surface area contributed by atoms with Crippen molar-refractivity contribution in [3.05, 3.63) is 67.5 Å². The van der Waals surface area contributed by atoms with Crippen LogP contribution in [0.2, 0.25) is 0 Å². The van der Waals surface area contributed by atoms with Gasteiger partial charge >= 0.3 is 0 Å². The quantitative estimate of drug-likeness (QED) is 0.408. The molecule has 9 heteroatoms. The van der Waals surface area contributed by atoms with E-state index < -0.39 is 0 Å². The first kappa shape index (κ1) is 17.2. The minimum atomic E-state index is 0.0938. The van der Waals surface area contributed by atoms with Crippen LogP contribution in [0.25, 0.3) is 56.0 Å². The van der Waals surface area contributed by atoms with Gasteiger partial charge in [0.15, 0.2) is 17.1 Å². The third kappa shape index (κ3) is 2.87. The Morgan fingerprint density at radius 2 is 1.71 bits per heavy atom. The molecule has 0 saturated carbocycles. The Labute approximate surface area is 174 Å². The van der Waals surface area contributed by atoms with Crippen LogP contribution in [0.1, 0.15) is 0 Å². The molecule has 0 aliphatic rings. The molecule has 0 atom stereocenters. The summed E-state index contributed by atoms with van der Waals surface area (Å²) in [6.45, 7) is 0. The van der Waals surface area contributed by atoms with Crippen molar-refractivity contribution in [1.29, 1.82) is 0 Å². The average Bonchev–Trinajstić information content (AvgIpc) is 3.43.